The number of anilines is 1. The summed E-state index contributed by atoms with van der Waals surface area (Å²) in [6.45, 7) is -0.0612. The molecule has 0 amide bonds. The Hall–Kier alpha value is -2.53. The molecule has 0 saturated heterocycles. The van der Waals surface area contributed by atoms with Gasteiger partial charge in [0.2, 0.25) is 0 Å². The van der Waals surface area contributed by atoms with Crippen molar-refractivity contribution in [2.45, 2.75) is 0 Å². The summed E-state index contributed by atoms with van der Waals surface area (Å²) in [6, 6.07) is 5.06. The van der Waals surface area contributed by atoms with Crippen LogP contribution in [0, 0.1) is 23.7 Å². The summed E-state index contributed by atoms with van der Waals surface area (Å²) in [5.41, 5.74) is 0.416. The molecule has 0 saturated carbocycles. The zero-order chi connectivity index (χ0) is 12.0. The SMILES string of the molecule is C#CCN(CC(=O)O)c1ccc(C#N)cn1. The van der Waals surface area contributed by atoms with Crippen molar-refractivity contribution in [1.82, 2.24) is 4.98 Å². The predicted molar refractivity (Wildman–Crippen MR) is 57.6 cm³/mol. The molecule has 0 spiro atoms. The molecule has 0 aliphatic rings. The third kappa shape index (κ3) is 3.00. The van der Waals surface area contributed by atoms with Gasteiger partial charge in [-0.05, 0) is 12.1 Å². The van der Waals surface area contributed by atoms with E-state index in [2.05, 4.69) is 10.9 Å². The topological polar surface area (TPSA) is 77.2 Å². The van der Waals surface area contributed by atoms with E-state index in [9.17, 15) is 4.79 Å². The summed E-state index contributed by atoms with van der Waals surface area (Å²) in [7, 11) is 0. The fourth-order valence-corrected chi connectivity index (χ4v) is 1.13. The van der Waals surface area contributed by atoms with Crippen LogP contribution < -0.4 is 4.90 Å². The number of pyridine rings is 1. The van der Waals surface area contributed by atoms with Crippen LogP contribution in [0.2, 0.25) is 0 Å². The van der Waals surface area contributed by atoms with Crippen molar-refractivity contribution in [3.63, 3.8) is 0 Å². The second-order valence-electron chi connectivity index (χ2n) is 2.97. The molecule has 0 aliphatic heterocycles. The summed E-state index contributed by atoms with van der Waals surface area (Å²) in [5.74, 6) is 1.82. The highest BCUT2D eigenvalue weighted by Crippen LogP contribution is 2.10. The molecule has 80 valence electrons. The van der Waals surface area contributed by atoms with Gasteiger partial charge >= 0.3 is 5.97 Å². The minimum Gasteiger partial charge on any atom is -0.480 e. The molecule has 0 fully saturated rings. The number of aromatic nitrogens is 1. The van der Waals surface area contributed by atoms with Gasteiger partial charge in [0.1, 0.15) is 18.4 Å². The van der Waals surface area contributed by atoms with Crippen molar-refractivity contribution in [1.29, 1.82) is 5.26 Å². The molecule has 16 heavy (non-hydrogen) atoms. The molecule has 1 rings (SSSR count). The van der Waals surface area contributed by atoms with Gasteiger partial charge in [0.25, 0.3) is 0 Å². The van der Waals surface area contributed by atoms with Gasteiger partial charge in [0, 0.05) is 6.20 Å². The molecule has 0 aromatic carbocycles. The standard InChI is InChI=1S/C11H9N3O2/c1-2-5-14(8-11(15)16)10-4-3-9(6-12)7-13-10/h1,3-4,7H,5,8H2,(H,15,16). The van der Waals surface area contributed by atoms with Crippen LogP contribution in [0.5, 0.6) is 0 Å². The minimum absolute atomic E-state index is 0.158. The van der Waals surface area contributed by atoms with Gasteiger partial charge < -0.3 is 10.0 Å². The Bertz CT molecular complexity index is 454. The number of rotatable bonds is 4. The van der Waals surface area contributed by atoms with Crippen molar-refractivity contribution in [2.24, 2.45) is 0 Å². The Labute approximate surface area is 92.9 Å². The van der Waals surface area contributed by atoms with Gasteiger partial charge in [-0.1, -0.05) is 5.92 Å². The number of terminal acetylenes is 1. The normalized spacial score (nSPS) is 8.88. The Morgan fingerprint density at radius 2 is 2.38 bits per heavy atom. The minimum atomic E-state index is -0.985. The average Bonchev–Trinajstić information content (AvgIpc) is 2.28. The third-order valence-electron chi connectivity index (χ3n) is 1.81. The average molecular weight is 215 g/mol. The maximum Gasteiger partial charge on any atom is 0.323 e. The first-order valence-corrected chi connectivity index (χ1v) is 4.43. The van der Waals surface area contributed by atoms with Crippen molar-refractivity contribution < 1.29 is 9.90 Å². The monoisotopic (exact) mass is 215 g/mol. The number of carboxylic acids is 1. The molecule has 0 aliphatic carbocycles. The molecule has 1 aromatic rings. The molecular formula is C11H9N3O2. The second-order valence-corrected chi connectivity index (χ2v) is 2.97. The number of nitrogens with zero attached hydrogens (tertiary/aromatic N) is 3. The number of hydrogen-bond acceptors (Lipinski definition) is 4. The van der Waals surface area contributed by atoms with Crippen LogP contribution in [-0.2, 0) is 4.79 Å². The van der Waals surface area contributed by atoms with E-state index in [1.807, 2.05) is 6.07 Å². The van der Waals surface area contributed by atoms with E-state index in [0.717, 1.165) is 0 Å². The van der Waals surface area contributed by atoms with E-state index in [4.69, 9.17) is 16.8 Å². The summed E-state index contributed by atoms with van der Waals surface area (Å²) < 4.78 is 0. The van der Waals surface area contributed by atoms with Gasteiger partial charge in [-0.25, -0.2) is 4.98 Å². The van der Waals surface area contributed by atoms with Crippen molar-refractivity contribution >= 4 is 11.8 Å². The molecule has 5 heteroatoms. The quantitative estimate of drug-likeness (QED) is 0.739. The van der Waals surface area contributed by atoms with Crippen LogP contribution in [0.3, 0.4) is 0 Å². The van der Waals surface area contributed by atoms with Crippen LogP contribution in [-0.4, -0.2) is 29.1 Å². The van der Waals surface area contributed by atoms with Crippen LogP contribution in [0.1, 0.15) is 5.56 Å². The molecular weight excluding hydrogens is 206 g/mol. The summed E-state index contributed by atoms with van der Waals surface area (Å²) >= 11 is 0. The highest BCUT2D eigenvalue weighted by Gasteiger charge is 2.10. The molecule has 0 bridgehead atoms. The number of carboxylic acid groups (broad SMARTS) is 1. The molecule has 1 aromatic heterocycles. The van der Waals surface area contributed by atoms with E-state index >= 15 is 0 Å². The lowest BCUT2D eigenvalue weighted by Gasteiger charge is -2.18. The van der Waals surface area contributed by atoms with Crippen LogP contribution in [0.4, 0.5) is 5.82 Å². The molecule has 1 heterocycles. The number of carbonyl (C=O) groups is 1. The van der Waals surface area contributed by atoms with E-state index in [0.29, 0.717) is 11.4 Å². The third-order valence-corrected chi connectivity index (χ3v) is 1.81. The smallest absolute Gasteiger partial charge is 0.323 e. The second kappa shape index (κ2) is 5.38. The van der Waals surface area contributed by atoms with Gasteiger partial charge in [-0.2, -0.15) is 5.26 Å². The largest absolute Gasteiger partial charge is 0.480 e. The fourth-order valence-electron chi connectivity index (χ4n) is 1.13. The molecule has 5 nitrogen and oxygen atoms in total. The van der Waals surface area contributed by atoms with E-state index in [1.54, 1.807) is 12.1 Å². The van der Waals surface area contributed by atoms with Gasteiger partial charge in [-0.3, -0.25) is 4.79 Å². The van der Waals surface area contributed by atoms with E-state index < -0.39 is 5.97 Å². The molecule has 0 atom stereocenters. The van der Waals surface area contributed by atoms with Crippen molar-refractivity contribution in [3.8, 4) is 18.4 Å². The first-order valence-electron chi connectivity index (χ1n) is 4.43. The highest BCUT2D eigenvalue weighted by atomic mass is 16.4. The lowest BCUT2D eigenvalue weighted by Crippen LogP contribution is -2.30. The van der Waals surface area contributed by atoms with Crippen molar-refractivity contribution in [2.75, 3.05) is 18.0 Å². The highest BCUT2D eigenvalue weighted by molar-refractivity contribution is 5.73. The maximum absolute atomic E-state index is 10.6. The zero-order valence-electron chi connectivity index (χ0n) is 8.42. The Balaban J connectivity index is 2.89. The first-order chi connectivity index (χ1) is 7.67. The van der Waals surface area contributed by atoms with Crippen LogP contribution in [0.15, 0.2) is 18.3 Å². The van der Waals surface area contributed by atoms with Gasteiger partial charge in [0.15, 0.2) is 0 Å². The van der Waals surface area contributed by atoms with Crippen LogP contribution >= 0.6 is 0 Å². The lowest BCUT2D eigenvalue weighted by atomic mass is 10.3. The Morgan fingerprint density at radius 1 is 1.62 bits per heavy atom. The predicted octanol–water partition coefficient (Wildman–Crippen LogP) is 0.477. The Morgan fingerprint density at radius 3 is 2.81 bits per heavy atom. The number of nitriles is 1. The van der Waals surface area contributed by atoms with Gasteiger partial charge in [0.05, 0.1) is 12.1 Å². The maximum atomic E-state index is 10.6. The lowest BCUT2D eigenvalue weighted by molar-refractivity contribution is -0.135. The van der Waals surface area contributed by atoms with Crippen molar-refractivity contribution in [3.05, 3.63) is 23.9 Å². The fraction of sp³-hybridized carbons (Fsp3) is 0.182. The molecule has 0 unspecified atom stereocenters. The molecule has 1 N–H and O–H groups in total. The number of hydrogen-bond donors (Lipinski definition) is 1. The van der Waals surface area contributed by atoms with Crippen LogP contribution in [0.25, 0.3) is 0 Å². The zero-order valence-corrected chi connectivity index (χ0v) is 8.42. The Kier molecular flexibility index (Phi) is 3.88. The summed E-state index contributed by atoms with van der Waals surface area (Å²) in [4.78, 5) is 16.0. The molecule has 0 radical (unpaired) electrons. The van der Waals surface area contributed by atoms with E-state index in [1.165, 1.54) is 11.1 Å². The first kappa shape index (κ1) is 11.5. The van der Waals surface area contributed by atoms with Gasteiger partial charge in [-0.15, -0.1) is 6.42 Å². The summed E-state index contributed by atoms with van der Waals surface area (Å²) in [6.07, 6.45) is 6.51. The van der Waals surface area contributed by atoms with E-state index in [-0.39, 0.29) is 13.1 Å². The summed E-state index contributed by atoms with van der Waals surface area (Å²) in [5, 5.41) is 17.3. The number of aliphatic carboxylic acids is 1.